The quantitative estimate of drug-likeness (QED) is 0.104. The van der Waals surface area contributed by atoms with E-state index in [-0.39, 0.29) is 11.4 Å². The molecule has 10 heteroatoms. The van der Waals surface area contributed by atoms with Crippen molar-refractivity contribution in [3.63, 3.8) is 0 Å². The van der Waals surface area contributed by atoms with Gasteiger partial charge in [0.2, 0.25) is 5.91 Å². The number of anilines is 2. The van der Waals surface area contributed by atoms with E-state index in [4.69, 9.17) is 0 Å². The number of alkyl halides is 3. The average Bonchev–Trinajstić information content (AvgIpc) is 3.08. The molecule has 0 aliphatic heterocycles. The highest BCUT2D eigenvalue weighted by molar-refractivity contribution is 8.00. The number of hydrogen-bond acceptors (Lipinski definition) is 4. The Labute approximate surface area is 273 Å². The summed E-state index contributed by atoms with van der Waals surface area (Å²) in [5.41, 5.74) is 1.28. The third-order valence-electron chi connectivity index (χ3n) is 6.78. The highest BCUT2D eigenvalue weighted by atomic mass is 32.2. The van der Waals surface area contributed by atoms with Crippen LogP contribution in [0.25, 0.3) is 6.08 Å². The zero-order valence-electron chi connectivity index (χ0n) is 24.7. The van der Waals surface area contributed by atoms with E-state index in [1.807, 2.05) is 18.2 Å². The Kier molecular flexibility index (Phi) is 10.5. The molecule has 5 aromatic carbocycles. The van der Waals surface area contributed by atoms with Crippen molar-refractivity contribution >= 4 is 46.9 Å². The summed E-state index contributed by atoms with van der Waals surface area (Å²) in [7, 11) is 0. The Morgan fingerprint density at radius 2 is 1.26 bits per heavy atom. The fourth-order valence-electron chi connectivity index (χ4n) is 4.52. The standard InChI is InChI=1S/C37H28F3N3O3S/c38-37(39,40)28-18-10-19-29(23-28)42-36(46)33(26-14-6-2-7-15-26)47-31-21-11-20-30(24-31)41-35(45)32(22-25-12-4-1-5-13-25)43-34(44)27-16-8-3-9-17-27/h1-24,33H,(H,41,45)(H,42,46)(H,43,44)/b32-22-. The van der Waals surface area contributed by atoms with Crippen LogP contribution in [0.2, 0.25) is 0 Å². The van der Waals surface area contributed by atoms with Gasteiger partial charge in [0.1, 0.15) is 10.9 Å². The van der Waals surface area contributed by atoms with Crippen molar-refractivity contribution in [2.24, 2.45) is 0 Å². The van der Waals surface area contributed by atoms with Crippen LogP contribution in [0.3, 0.4) is 0 Å². The molecule has 6 nitrogen and oxygen atoms in total. The van der Waals surface area contributed by atoms with Crippen LogP contribution in [0.4, 0.5) is 24.5 Å². The molecule has 0 aliphatic carbocycles. The summed E-state index contributed by atoms with van der Waals surface area (Å²) in [5, 5.41) is 7.30. The number of nitrogens with one attached hydrogen (secondary N) is 3. The van der Waals surface area contributed by atoms with Gasteiger partial charge in [-0.1, -0.05) is 91.0 Å². The van der Waals surface area contributed by atoms with Crippen LogP contribution < -0.4 is 16.0 Å². The predicted molar refractivity (Wildman–Crippen MR) is 179 cm³/mol. The lowest BCUT2D eigenvalue weighted by atomic mass is 10.1. The molecule has 1 atom stereocenters. The number of rotatable bonds is 10. The summed E-state index contributed by atoms with van der Waals surface area (Å²) in [6.07, 6.45) is -2.99. The van der Waals surface area contributed by atoms with Crippen molar-refractivity contribution < 1.29 is 27.6 Å². The first kappa shape index (κ1) is 32.8. The Morgan fingerprint density at radius 1 is 0.660 bits per heavy atom. The first-order valence-electron chi connectivity index (χ1n) is 14.4. The maximum atomic E-state index is 13.5. The molecule has 5 rings (SSSR count). The largest absolute Gasteiger partial charge is 0.416 e. The van der Waals surface area contributed by atoms with Crippen LogP contribution in [-0.4, -0.2) is 17.7 Å². The van der Waals surface area contributed by atoms with Crippen LogP contribution >= 0.6 is 11.8 Å². The van der Waals surface area contributed by atoms with Gasteiger partial charge in [-0.05, 0) is 65.7 Å². The van der Waals surface area contributed by atoms with Gasteiger partial charge in [0.05, 0.1) is 5.56 Å². The number of carbonyl (C=O) groups is 3. The number of benzene rings is 5. The molecule has 0 radical (unpaired) electrons. The fourth-order valence-corrected chi connectivity index (χ4v) is 5.61. The topological polar surface area (TPSA) is 87.3 Å². The second-order valence-corrected chi connectivity index (χ2v) is 11.4. The van der Waals surface area contributed by atoms with E-state index < -0.39 is 34.7 Å². The molecule has 0 heterocycles. The molecular weight excluding hydrogens is 623 g/mol. The van der Waals surface area contributed by atoms with E-state index in [0.717, 1.165) is 12.1 Å². The number of carbonyl (C=O) groups excluding carboxylic acids is 3. The minimum Gasteiger partial charge on any atom is -0.325 e. The average molecular weight is 652 g/mol. The van der Waals surface area contributed by atoms with Crippen molar-refractivity contribution in [3.8, 4) is 0 Å². The van der Waals surface area contributed by atoms with Crippen LogP contribution in [-0.2, 0) is 15.8 Å². The van der Waals surface area contributed by atoms with Gasteiger partial charge in [0.15, 0.2) is 0 Å². The van der Waals surface area contributed by atoms with Crippen molar-refractivity contribution in [2.75, 3.05) is 10.6 Å². The smallest absolute Gasteiger partial charge is 0.325 e. The lowest BCUT2D eigenvalue weighted by molar-refractivity contribution is -0.137. The highest BCUT2D eigenvalue weighted by Gasteiger charge is 2.31. The first-order valence-corrected chi connectivity index (χ1v) is 15.3. The minimum absolute atomic E-state index is 0.0163. The fraction of sp³-hybridized carbons (Fsp3) is 0.0541. The van der Waals surface area contributed by atoms with Gasteiger partial charge < -0.3 is 16.0 Å². The zero-order valence-corrected chi connectivity index (χ0v) is 25.5. The second kappa shape index (κ2) is 15.1. The Balaban J connectivity index is 1.36. The molecule has 0 aliphatic rings. The summed E-state index contributed by atoms with van der Waals surface area (Å²) in [4.78, 5) is 40.6. The molecule has 5 aromatic rings. The highest BCUT2D eigenvalue weighted by Crippen LogP contribution is 2.38. The van der Waals surface area contributed by atoms with E-state index in [2.05, 4.69) is 16.0 Å². The van der Waals surface area contributed by atoms with Gasteiger partial charge in [0, 0.05) is 21.8 Å². The molecule has 3 N–H and O–H groups in total. The Morgan fingerprint density at radius 3 is 1.91 bits per heavy atom. The maximum absolute atomic E-state index is 13.5. The monoisotopic (exact) mass is 651 g/mol. The van der Waals surface area contributed by atoms with E-state index in [9.17, 15) is 27.6 Å². The lowest BCUT2D eigenvalue weighted by Crippen LogP contribution is -2.30. The van der Waals surface area contributed by atoms with Crippen LogP contribution in [0.15, 0.2) is 150 Å². The van der Waals surface area contributed by atoms with Crippen LogP contribution in [0, 0.1) is 0 Å². The molecule has 3 amide bonds. The number of hydrogen-bond donors (Lipinski definition) is 3. The molecule has 0 bridgehead atoms. The van der Waals surface area contributed by atoms with E-state index in [1.165, 1.54) is 23.9 Å². The SMILES string of the molecule is O=C(Nc1cccc(SC(C(=O)Nc2cccc(C(F)(F)F)c2)c2ccccc2)c1)/C(=C/c1ccccc1)NC(=O)c1ccccc1. The summed E-state index contributed by atoms with van der Waals surface area (Å²) in [6.45, 7) is 0. The molecule has 0 saturated heterocycles. The van der Waals surface area contributed by atoms with E-state index >= 15 is 0 Å². The molecule has 47 heavy (non-hydrogen) atoms. The van der Waals surface area contributed by atoms with Gasteiger partial charge in [-0.15, -0.1) is 11.8 Å². The van der Waals surface area contributed by atoms with E-state index in [1.54, 1.807) is 103 Å². The third-order valence-corrected chi connectivity index (χ3v) is 8.03. The summed E-state index contributed by atoms with van der Waals surface area (Å²) >= 11 is 1.17. The van der Waals surface area contributed by atoms with Crippen molar-refractivity contribution in [1.82, 2.24) is 5.32 Å². The van der Waals surface area contributed by atoms with Crippen LogP contribution in [0.1, 0.15) is 32.3 Å². The first-order chi connectivity index (χ1) is 22.7. The molecule has 0 saturated carbocycles. The normalized spacial score (nSPS) is 12.1. The summed E-state index contributed by atoms with van der Waals surface area (Å²) < 4.78 is 39.8. The van der Waals surface area contributed by atoms with Gasteiger partial charge >= 0.3 is 6.18 Å². The van der Waals surface area contributed by atoms with Crippen molar-refractivity contribution in [2.45, 2.75) is 16.3 Å². The lowest BCUT2D eigenvalue weighted by Gasteiger charge is -2.18. The molecule has 236 valence electrons. The van der Waals surface area contributed by atoms with Gasteiger partial charge in [-0.25, -0.2) is 0 Å². The second-order valence-electron chi connectivity index (χ2n) is 10.2. The minimum atomic E-state index is -4.56. The number of halogens is 3. The molecule has 0 spiro atoms. The van der Waals surface area contributed by atoms with Gasteiger partial charge in [0.25, 0.3) is 11.8 Å². The van der Waals surface area contributed by atoms with Crippen LogP contribution in [0.5, 0.6) is 0 Å². The Hall–Kier alpha value is -5.61. The van der Waals surface area contributed by atoms with Crippen molar-refractivity contribution in [3.05, 3.63) is 167 Å². The zero-order chi connectivity index (χ0) is 33.2. The number of amides is 3. The molecule has 1 unspecified atom stereocenters. The predicted octanol–water partition coefficient (Wildman–Crippen LogP) is 8.59. The summed E-state index contributed by atoms with van der Waals surface area (Å²) in [5.74, 6) is -1.54. The Bertz CT molecular complexity index is 1880. The van der Waals surface area contributed by atoms with E-state index in [0.29, 0.717) is 27.3 Å². The molecule has 0 fully saturated rings. The maximum Gasteiger partial charge on any atom is 0.416 e. The summed E-state index contributed by atoms with van der Waals surface area (Å²) in [6, 6.07) is 37.7. The van der Waals surface area contributed by atoms with Gasteiger partial charge in [-0.2, -0.15) is 13.2 Å². The number of thioether (sulfide) groups is 1. The molecule has 0 aromatic heterocycles. The van der Waals surface area contributed by atoms with Crippen molar-refractivity contribution in [1.29, 1.82) is 0 Å². The third kappa shape index (κ3) is 9.21. The van der Waals surface area contributed by atoms with Gasteiger partial charge in [-0.3, -0.25) is 14.4 Å². The molecular formula is C37H28F3N3O3S.